The van der Waals surface area contributed by atoms with E-state index in [1.54, 1.807) is 36.4 Å². The Morgan fingerprint density at radius 3 is 2.61 bits per heavy atom. The van der Waals surface area contributed by atoms with Crippen LogP contribution >= 0.6 is 23.2 Å². The Morgan fingerprint density at radius 2 is 1.93 bits per heavy atom. The third-order valence-electron chi connectivity index (χ3n) is 4.58. The smallest absolute Gasteiger partial charge is 0.271 e. The predicted octanol–water partition coefficient (Wildman–Crippen LogP) is 4.44. The van der Waals surface area contributed by atoms with E-state index in [1.807, 2.05) is 19.1 Å². The second kappa shape index (κ2) is 7.16. The molecule has 1 unspecified atom stereocenters. The highest BCUT2D eigenvalue weighted by Crippen LogP contribution is 2.32. The largest absolute Gasteiger partial charge is 0.360 e. The van der Waals surface area contributed by atoms with Crippen LogP contribution < -0.4 is 5.32 Å². The van der Waals surface area contributed by atoms with Gasteiger partial charge in [0.15, 0.2) is 0 Å². The van der Waals surface area contributed by atoms with Crippen LogP contribution in [0, 0.1) is 11.3 Å². The minimum Gasteiger partial charge on any atom is -0.360 e. The quantitative estimate of drug-likeness (QED) is 0.798. The number of halogens is 2. The first-order valence-corrected chi connectivity index (χ1v) is 9.26. The summed E-state index contributed by atoms with van der Waals surface area (Å²) in [6.45, 7) is 1.83. The fraction of sp³-hybridized carbons (Fsp3) is 0.0952. The molecule has 0 spiro atoms. The van der Waals surface area contributed by atoms with Gasteiger partial charge in [-0.3, -0.25) is 4.79 Å². The van der Waals surface area contributed by atoms with Gasteiger partial charge in [-0.2, -0.15) is 10.4 Å². The maximum absolute atomic E-state index is 12.6. The summed E-state index contributed by atoms with van der Waals surface area (Å²) in [5.74, 6) is -0.222. The molecule has 138 valence electrons. The third kappa shape index (κ3) is 3.29. The molecular weight excluding hydrogens is 395 g/mol. The zero-order chi connectivity index (χ0) is 19.8. The van der Waals surface area contributed by atoms with Gasteiger partial charge in [0.05, 0.1) is 17.3 Å². The number of rotatable bonds is 2. The Morgan fingerprint density at radius 1 is 1.18 bits per heavy atom. The van der Waals surface area contributed by atoms with Crippen molar-refractivity contribution < 1.29 is 4.79 Å². The fourth-order valence-electron chi connectivity index (χ4n) is 3.19. The number of hydrogen-bond acceptors (Lipinski definition) is 4. The van der Waals surface area contributed by atoms with Gasteiger partial charge in [-0.05, 0) is 42.8 Å². The first-order valence-electron chi connectivity index (χ1n) is 8.51. The number of hydrogen-bond donors (Lipinski definition) is 1. The molecule has 2 heterocycles. The molecule has 2 aromatic rings. The van der Waals surface area contributed by atoms with Gasteiger partial charge in [0.2, 0.25) is 0 Å². The number of carbonyl (C=O) groups is 1. The van der Waals surface area contributed by atoms with E-state index in [0.717, 1.165) is 16.7 Å². The molecule has 1 atom stereocenters. The van der Waals surface area contributed by atoms with E-state index >= 15 is 0 Å². The summed E-state index contributed by atoms with van der Waals surface area (Å²) in [6, 6.07) is 14.4. The predicted molar refractivity (Wildman–Crippen MR) is 110 cm³/mol. The van der Waals surface area contributed by atoms with Crippen LogP contribution in [-0.4, -0.2) is 22.8 Å². The van der Waals surface area contributed by atoms with Crippen molar-refractivity contribution >= 4 is 46.1 Å². The van der Waals surface area contributed by atoms with Crippen molar-refractivity contribution in [3.8, 4) is 6.07 Å². The van der Waals surface area contributed by atoms with Crippen molar-refractivity contribution in [2.45, 2.75) is 13.1 Å². The SMILES string of the molecule is CC1=NN2C(=O)C=C(c3ccc(C#N)cc3)NC2C=C1c1ccc(Cl)cc1Cl. The summed E-state index contributed by atoms with van der Waals surface area (Å²) < 4.78 is 0. The molecule has 28 heavy (non-hydrogen) atoms. The number of amides is 1. The van der Waals surface area contributed by atoms with Crippen molar-refractivity contribution in [1.29, 1.82) is 5.26 Å². The number of nitrogens with one attached hydrogen (secondary N) is 1. The van der Waals surface area contributed by atoms with E-state index in [9.17, 15) is 4.79 Å². The second-order valence-corrected chi connectivity index (χ2v) is 7.25. The normalized spacial score (nSPS) is 18.4. The highest BCUT2D eigenvalue weighted by molar-refractivity contribution is 6.38. The van der Waals surface area contributed by atoms with E-state index < -0.39 is 6.17 Å². The first kappa shape index (κ1) is 18.3. The summed E-state index contributed by atoms with van der Waals surface area (Å²) >= 11 is 12.4. The molecule has 0 aromatic heterocycles. The average molecular weight is 409 g/mol. The maximum atomic E-state index is 12.6. The molecule has 0 bridgehead atoms. The molecule has 7 heteroatoms. The van der Waals surface area contributed by atoms with E-state index in [1.165, 1.54) is 11.1 Å². The summed E-state index contributed by atoms with van der Waals surface area (Å²) in [4.78, 5) is 12.6. The Bertz CT molecular complexity index is 1110. The van der Waals surface area contributed by atoms with Crippen LogP contribution in [0.3, 0.4) is 0 Å². The van der Waals surface area contributed by atoms with Gasteiger partial charge in [-0.25, -0.2) is 5.01 Å². The van der Waals surface area contributed by atoms with Crippen LogP contribution in [-0.2, 0) is 4.79 Å². The standard InChI is InChI=1S/C21H14Cl2N4O/c1-12-17(16-7-6-15(22)8-18(16)23)9-20-25-19(10-21(28)27(20)26-12)14-4-2-13(11-24)3-5-14/h2-10,20,25H,1H3. The summed E-state index contributed by atoms with van der Waals surface area (Å²) in [5, 5.41) is 19.2. The van der Waals surface area contributed by atoms with Crippen LogP contribution in [0.4, 0.5) is 0 Å². The molecule has 0 fully saturated rings. The molecular formula is C21H14Cl2N4O. The number of nitriles is 1. The monoisotopic (exact) mass is 408 g/mol. The van der Waals surface area contributed by atoms with Gasteiger partial charge in [-0.1, -0.05) is 41.4 Å². The zero-order valence-corrected chi connectivity index (χ0v) is 16.3. The van der Waals surface area contributed by atoms with Crippen molar-refractivity contribution in [2.75, 3.05) is 0 Å². The lowest BCUT2D eigenvalue weighted by atomic mass is 9.98. The maximum Gasteiger partial charge on any atom is 0.271 e. The summed E-state index contributed by atoms with van der Waals surface area (Å²) in [6.07, 6.45) is 2.97. The highest BCUT2D eigenvalue weighted by atomic mass is 35.5. The van der Waals surface area contributed by atoms with Crippen molar-refractivity contribution in [1.82, 2.24) is 10.3 Å². The topological polar surface area (TPSA) is 68.5 Å². The van der Waals surface area contributed by atoms with E-state index in [4.69, 9.17) is 28.5 Å². The number of hydrazone groups is 1. The molecule has 0 radical (unpaired) electrons. The molecule has 0 saturated heterocycles. The van der Waals surface area contributed by atoms with Crippen molar-refractivity contribution in [3.63, 3.8) is 0 Å². The Balaban J connectivity index is 1.70. The molecule has 1 N–H and O–H groups in total. The van der Waals surface area contributed by atoms with Gasteiger partial charge >= 0.3 is 0 Å². The Labute approximate surface area is 172 Å². The molecule has 2 aromatic carbocycles. The zero-order valence-electron chi connectivity index (χ0n) is 14.8. The lowest BCUT2D eigenvalue weighted by molar-refractivity contribution is -0.128. The number of fused-ring (bicyclic) bond motifs is 1. The van der Waals surface area contributed by atoms with Crippen LogP contribution in [0.15, 0.2) is 59.7 Å². The third-order valence-corrected chi connectivity index (χ3v) is 5.13. The van der Waals surface area contributed by atoms with Gasteiger partial charge < -0.3 is 5.32 Å². The van der Waals surface area contributed by atoms with E-state index in [2.05, 4.69) is 16.5 Å². The number of allylic oxidation sites excluding steroid dienone is 1. The minimum atomic E-state index is -0.450. The first-order chi connectivity index (χ1) is 13.5. The molecule has 4 rings (SSSR count). The second-order valence-electron chi connectivity index (χ2n) is 6.41. The Hall–Kier alpha value is -3.07. The Kier molecular flexibility index (Phi) is 4.68. The number of carbonyl (C=O) groups excluding carboxylic acids is 1. The summed E-state index contributed by atoms with van der Waals surface area (Å²) in [7, 11) is 0. The van der Waals surface area contributed by atoms with Gasteiger partial charge in [0.25, 0.3) is 5.91 Å². The van der Waals surface area contributed by atoms with Gasteiger partial charge in [0.1, 0.15) is 6.17 Å². The summed E-state index contributed by atoms with van der Waals surface area (Å²) in [5.41, 5.74) is 4.37. The van der Waals surface area contributed by atoms with Crippen LogP contribution in [0.2, 0.25) is 10.0 Å². The highest BCUT2D eigenvalue weighted by Gasteiger charge is 2.31. The van der Waals surface area contributed by atoms with Crippen LogP contribution in [0.25, 0.3) is 11.3 Å². The molecule has 2 aliphatic rings. The number of nitrogens with zero attached hydrogens (tertiary/aromatic N) is 3. The van der Waals surface area contributed by atoms with Crippen LogP contribution in [0.5, 0.6) is 0 Å². The molecule has 1 amide bonds. The van der Waals surface area contributed by atoms with Crippen molar-refractivity contribution in [3.05, 3.63) is 81.4 Å². The van der Waals surface area contributed by atoms with Crippen LogP contribution in [0.1, 0.15) is 23.6 Å². The van der Waals surface area contributed by atoms with Gasteiger partial charge in [0, 0.05) is 33.0 Å². The molecule has 2 aliphatic heterocycles. The molecule has 0 aliphatic carbocycles. The molecule has 0 saturated carbocycles. The average Bonchev–Trinajstić information content (AvgIpc) is 2.68. The van der Waals surface area contributed by atoms with E-state index in [-0.39, 0.29) is 5.91 Å². The van der Waals surface area contributed by atoms with E-state index in [0.29, 0.717) is 27.0 Å². The van der Waals surface area contributed by atoms with Gasteiger partial charge in [-0.15, -0.1) is 0 Å². The molecule has 5 nitrogen and oxygen atoms in total. The lowest BCUT2D eigenvalue weighted by Crippen LogP contribution is -2.49. The minimum absolute atomic E-state index is 0.222. The number of benzene rings is 2. The fourth-order valence-corrected chi connectivity index (χ4v) is 3.70. The van der Waals surface area contributed by atoms with Crippen molar-refractivity contribution in [2.24, 2.45) is 5.10 Å². The lowest BCUT2D eigenvalue weighted by Gasteiger charge is -2.35.